The number of thiocarbonyl (C=S) groups is 1. The van der Waals surface area contributed by atoms with Gasteiger partial charge >= 0.3 is 6.03 Å². The van der Waals surface area contributed by atoms with Crippen LogP contribution in [-0.4, -0.2) is 28.1 Å². The molecule has 2 heterocycles. The molecule has 0 bridgehead atoms. The second kappa shape index (κ2) is 7.85. The number of nitrogens with zero attached hydrogens (tertiary/aromatic N) is 1. The van der Waals surface area contributed by atoms with Crippen LogP contribution >= 0.6 is 57.0 Å². The van der Waals surface area contributed by atoms with Gasteiger partial charge in [0.2, 0.25) is 0 Å². The number of rotatable bonds is 2. The molecule has 2 aromatic rings. The predicted molar refractivity (Wildman–Crippen MR) is 129 cm³/mol. The number of hydrogen-bond acceptors (Lipinski definition) is 5. The normalized spacial score (nSPS) is 22.1. The Kier molecular flexibility index (Phi) is 5.72. The van der Waals surface area contributed by atoms with E-state index in [1.807, 2.05) is 23.1 Å². The maximum atomic E-state index is 13.4. The van der Waals surface area contributed by atoms with Crippen molar-refractivity contribution in [2.75, 3.05) is 17.3 Å². The summed E-state index contributed by atoms with van der Waals surface area (Å²) in [6.07, 6.45) is 0. The number of anilines is 2. The molecule has 4 nitrogen and oxygen atoms in total. The Hall–Kier alpha value is -1.12. The van der Waals surface area contributed by atoms with Gasteiger partial charge in [0.05, 0.1) is 37.8 Å². The minimum absolute atomic E-state index is 0.0779. The van der Waals surface area contributed by atoms with Gasteiger partial charge in [0.1, 0.15) is 5.75 Å². The average Bonchev–Trinajstić information content (AvgIpc) is 3.07. The van der Waals surface area contributed by atoms with E-state index in [0.29, 0.717) is 15.7 Å². The molecule has 1 fully saturated rings. The van der Waals surface area contributed by atoms with Crippen LogP contribution in [0.4, 0.5) is 16.2 Å². The number of benzene rings is 2. The van der Waals surface area contributed by atoms with Crippen LogP contribution in [0.15, 0.2) is 36.4 Å². The molecule has 0 radical (unpaired) electrons. The molecule has 2 atom stereocenters. The summed E-state index contributed by atoms with van der Waals surface area (Å²) in [6.45, 7) is 4.15. The van der Waals surface area contributed by atoms with E-state index in [9.17, 15) is 4.79 Å². The van der Waals surface area contributed by atoms with Crippen LogP contribution in [0, 0.1) is 0 Å². The minimum atomic E-state index is -0.467. The average molecular weight is 485 g/mol. The summed E-state index contributed by atoms with van der Waals surface area (Å²) in [6, 6.07) is 10.6. The second-order valence-corrected chi connectivity index (χ2v) is 11.3. The van der Waals surface area contributed by atoms with Crippen LogP contribution in [0.3, 0.4) is 0 Å². The molecule has 2 amide bonds. The molecule has 2 aromatic carbocycles. The van der Waals surface area contributed by atoms with Crippen LogP contribution in [0.5, 0.6) is 5.75 Å². The van der Waals surface area contributed by atoms with Crippen molar-refractivity contribution in [1.29, 1.82) is 0 Å². The first-order valence-corrected chi connectivity index (χ1v) is 12.2. The third-order valence-electron chi connectivity index (χ3n) is 5.25. The molecule has 0 saturated carbocycles. The zero-order valence-corrected chi connectivity index (χ0v) is 19.8. The number of halogens is 2. The first-order chi connectivity index (χ1) is 13.7. The molecule has 0 spiro atoms. The quantitative estimate of drug-likeness (QED) is 0.366. The van der Waals surface area contributed by atoms with Crippen molar-refractivity contribution in [3.8, 4) is 5.75 Å². The maximum absolute atomic E-state index is 13.4. The van der Waals surface area contributed by atoms with E-state index in [2.05, 4.69) is 19.2 Å². The maximum Gasteiger partial charge on any atom is 0.326 e. The van der Waals surface area contributed by atoms with Crippen LogP contribution in [0.1, 0.15) is 25.3 Å². The van der Waals surface area contributed by atoms with Crippen molar-refractivity contribution in [2.45, 2.75) is 30.6 Å². The first kappa shape index (κ1) is 21.1. The smallest absolute Gasteiger partial charge is 0.326 e. The number of carbonyl (C=O) groups excluding carboxylic acids is 1. The van der Waals surface area contributed by atoms with E-state index in [4.69, 9.17) is 40.2 Å². The lowest BCUT2D eigenvalue weighted by Gasteiger charge is -2.48. The monoisotopic (exact) mass is 484 g/mol. The van der Waals surface area contributed by atoms with Gasteiger partial charge in [-0.1, -0.05) is 46.2 Å². The van der Waals surface area contributed by atoms with Gasteiger partial charge in [0.25, 0.3) is 0 Å². The van der Waals surface area contributed by atoms with E-state index in [1.165, 1.54) is 0 Å². The Morgan fingerprint density at radius 3 is 2.66 bits per heavy atom. The molecule has 9 heteroatoms. The Bertz CT molecular complexity index is 1020. The Morgan fingerprint density at radius 2 is 1.97 bits per heavy atom. The van der Waals surface area contributed by atoms with Gasteiger partial charge < -0.3 is 10.1 Å². The predicted octanol–water partition coefficient (Wildman–Crippen LogP) is 7.01. The van der Waals surface area contributed by atoms with E-state index in [0.717, 1.165) is 21.2 Å². The third kappa shape index (κ3) is 3.61. The van der Waals surface area contributed by atoms with Crippen LogP contribution in [0.25, 0.3) is 0 Å². The van der Waals surface area contributed by atoms with Crippen LogP contribution in [-0.2, 0) is 0 Å². The molecular weight excluding hydrogens is 467 g/mol. The number of hydrogen-bond donors (Lipinski definition) is 1. The lowest BCUT2D eigenvalue weighted by Crippen LogP contribution is -2.59. The summed E-state index contributed by atoms with van der Waals surface area (Å²) in [5.41, 5.74) is 1.96. The van der Waals surface area contributed by atoms with Gasteiger partial charge in [-0.3, -0.25) is 4.90 Å². The highest BCUT2D eigenvalue weighted by molar-refractivity contribution is 8.84. The number of ether oxygens (including phenoxy) is 1. The third-order valence-corrected chi connectivity index (χ3v) is 9.83. The lowest BCUT2D eigenvalue weighted by molar-refractivity contribution is 0.249. The first-order valence-electron chi connectivity index (χ1n) is 8.85. The summed E-state index contributed by atoms with van der Waals surface area (Å²) in [5.74, 6) is 0.825. The highest BCUT2D eigenvalue weighted by atomic mass is 35.5. The second-order valence-electron chi connectivity index (χ2n) is 7.37. The number of fused-ring (bicyclic) bond motifs is 3. The zero-order valence-electron chi connectivity index (χ0n) is 15.9. The zero-order chi connectivity index (χ0) is 20.9. The molecule has 4 rings (SSSR count). The molecule has 0 unspecified atom stereocenters. The molecule has 2 aliphatic rings. The summed E-state index contributed by atoms with van der Waals surface area (Å²) in [4.78, 5) is 15.2. The number of carbonyl (C=O) groups is 1. The largest absolute Gasteiger partial charge is 0.497 e. The lowest BCUT2D eigenvalue weighted by atomic mass is 9.79. The standard InChI is InChI=1S/C20H18Cl2N2O2S3/c1-20(2)17-16(18(27)29-28-17)12-9-11(26-3)5-7-15(12)24(20)19(25)23-10-4-6-13(21)14(22)8-10/h4-9,16-17H,1-3H3,(H,23,25)/t16-,17+/m1/s1. The molecule has 29 heavy (non-hydrogen) atoms. The molecule has 152 valence electrons. The minimum Gasteiger partial charge on any atom is -0.497 e. The number of nitrogens with one attached hydrogen (secondary N) is 1. The summed E-state index contributed by atoms with van der Waals surface area (Å²) >= 11 is 17.8. The van der Waals surface area contributed by atoms with E-state index in [1.54, 1.807) is 46.9 Å². The van der Waals surface area contributed by atoms with E-state index >= 15 is 0 Å². The Labute approximate surface area is 193 Å². The van der Waals surface area contributed by atoms with Gasteiger partial charge in [-0.05, 0) is 66.6 Å². The van der Waals surface area contributed by atoms with Gasteiger partial charge in [0.15, 0.2) is 0 Å². The van der Waals surface area contributed by atoms with E-state index < -0.39 is 5.54 Å². The van der Waals surface area contributed by atoms with Gasteiger partial charge in [-0.15, -0.1) is 0 Å². The fourth-order valence-electron chi connectivity index (χ4n) is 3.82. The van der Waals surface area contributed by atoms with Crippen molar-refractivity contribution < 1.29 is 9.53 Å². The topological polar surface area (TPSA) is 41.6 Å². The molecular formula is C20H18Cl2N2O2S3. The summed E-state index contributed by atoms with van der Waals surface area (Å²) in [5, 5.41) is 3.91. The van der Waals surface area contributed by atoms with Crippen LogP contribution < -0.4 is 15.0 Å². The van der Waals surface area contributed by atoms with Crippen molar-refractivity contribution >= 4 is 78.6 Å². The summed E-state index contributed by atoms with van der Waals surface area (Å²) in [7, 11) is 4.98. The Balaban J connectivity index is 1.78. The highest BCUT2D eigenvalue weighted by Crippen LogP contribution is 2.59. The Morgan fingerprint density at radius 1 is 1.21 bits per heavy atom. The van der Waals surface area contributed by atoms with Gasteiger partial charge in [0, 0.05) is 11.6 Å². The number of amides is 2. The summed E-state index contributed by atoms with van der Waals surface area (Å²) < 4.78 is 6.37. The molecule has 1 saturated heterocycles. The van der Waals surface area contributed by atoms with Crippen molar-refractivity contribution in [3.05, 3.63) is 52.0 Å². The van der Waals surface area contributed by atoms with Crippen molar-refractivity contribution in [3.63, 3.8) is 0 Å². The number of methoxy groups -OCH3 is 1. The van der Waals surface area contributed by atoms with Crippen LogP contribution in [0.2, 0.25) is 10.0 Å². The van der Waals surface area contributed by atoms with E-state index in [-0.39, 0.29) is 17.2 Å². The van der Waals surface area contributed by atoms with Crippen molar-refractivity contribution in [1.82, 2.24) is 0 Å². The molecule has 0 aliphatic carbocycles. The molecule has 1 N–H and O–H groups in total. The van der Waals surface area contributed by atoms with Crippen molar-refractivity contribution in [2.24, 2.45) is 0 Å². The highest BCUT2D eigenvalue weighted by Gasteiger charge is 2.54. The fraction of sp³-hybridized carbons (Fsp3) is 0.300. The SMILES string of the molecule is COc1ccc2c(c1)[C@H]1C(=S)SS[C@@H]1C(C)(C)N2C(=O)Nc1ccc(Cl)c(Cl)c1. The molecule has 0 aromatic heterocycles. The van der Waals surface area contributed by atoms with Gasteiger partial charge in [-0.25, -0.2) is 4.79 Å². The number of urea groups is 1. The molecule has 2 aliphatic heterocycles. The van der Waals surface area contributed by atoms with Gasteiger partial charge in [-0.2, -0.15) is 0 Å². The fourth-order valence-corrected chi connectivity index (χ4v) is 8.15.